The first-order valence-corrected chi connectivity index (χ1v) is 5.96. The van der Waals surface area contributed by atoms with Crippen molar-refractivity contribution < 1.29 is 21.5 Å². The molecule has 0 saturated heterocycles. The molecule has 1 nitrogen and oxygen atoms in total. The van der Waals surface area contributed by atoms with Gasteiger partial charge in [-0.3, -0.25) is 0 Å². The lowest BCUT2D eigenvalue weighted by molar-refractivity contribution is -0.889. The molecule has 0 aromatic heterocycles. The zero-order valence-electron chi connectivity index (χ0n) is 10.9. The molecule has 0 aliphatic carbocycles. The molecule has 0 aliphatic heterocycles. The van der Waals surface area contributed by atoms with Crippen LogP contribution < -0.4 is 17.0 Å². The standard InChI is InChI=1S/C13H28N.BrH/c1-6-8-9-10-11-12-13(7-2)14(3,4)5;/h7,13H,2,6,8-12H2,1,3-5H3;1H/q+1;/p-1. The minimum Gasteiger partial charge on any atom is -1.00 e. The molecule has 0 aliphatic rings. The Labute approximate surface area is 107 Å². The maximum absolute atomic E-state index is 3.93. The van der Waals surface area contributed by atoms with E-state index in [1.807, 2.05) is 0 Å². The average Bonchev–Trinajstić information content (AvgIpc) is 2.09. The largest absolute Gasteiger partial charge is 1.00 e. The Hall–Kier alpha value is 0.180. The molecule has 0 saturated carbocycles. The van der Waals surface area contributed by atoms with E-state index in [1.54, 1.807) is 0 Å². The number of nitrogens with zero attached hydrogens (tertiary/aromatic N) is 1. The second-order valence-corrected chi connectivity index (χ2v) is 5.12. The van der Waals surface area contributed by atoms with Gasteiger partial charge in [-0.15, -0.1) is 0 Å². The van der Waals surface area contributed by atoms with Crippen LogP contribution in [-0.2, 0) is 0 Å². The summed E-state index contributed by atoms with van der Waals surface area (Å²) in [4.78, 5) is 0. The highest BCUT2D eigenvalue weighted by atomic mass is 79.9. The molecule has 0 N–H and O–H groups in total. The molecule has 2 heteroatoms. The summed E-state index contributed by atoms with van der Waals surface area (Å²) in [5, 5.41) is 0. The number of unbranched alkanes of at least 4 members (excludes halogenated alkanes) is 4. The van der Waals surface area contributed by atoms with Crippen molar-refractivity contribution in [2.45, 2.75) is 51.5 Å². The van der Waals surface area contributed by atoms with Crippen LogP contribution in [0.4, 0.5) is 0 Å². The second-order valence-electron chi connectivity index (χ2n) is 5.12. The SMILES string of the molecule is C=CC(CCCCCCC)[N+](C)(C)C.[Br-]. The Morgan fingerprint density at radius 1 is 1.07 bits per heavy atom. The van der Waals surface area contributed by atoms with Crippen molar-refractivity contribution in [3.05, 3.63) is 12.7 Å². The molecule has 1 atom stereocenters. The third-order valence-electron chi connectivity index (χ3n) is 2.87. The van der Waals surface area contributed by atoms with E-state index in [1.165, 1.54) is 38.5 Å². The molecule has 92 valence electrons. The smallest absolute Gasteiger partial charge is 0.107 e. The van der Waals surface area contributed by atoms with Crippen molar-refractivity contribution in [2.75, 3.05) is 21.1 Å². The van der Waals surface area contributed by atoms with Gasteiger partial charge in [0.1, 0.15) is 6.04 Å². The average molecular weight is 278 g/mol. The molecule has 0 spiro atoms. The number of hydrogen-bond donors (Lipinski definition) is 0. The topological polar surface area (TPSA) is 0 Å². The van der Waals surface area contributed by atoms with Gasteiger partial charge in [-0.2, -0.15) is 0 Å². The molecule has 0 aromatic rings. The Morgan fingerprint density at radius 2 is 1.60 bits per heavy atom. The van der Waals surface area contributed by atoms with Crippen molar-refractivity contribution in [3.8, 4) is 0 Å². The van der Waals surface area contributed by atoms with Crippen LogP contribution in [0.1, 0.15) is 45.4 Å². The van der Waals surface area contributed by atoms with E-state index in [2.05, 4.69) is 40.7 Å². The van der Waals surface area contributed by atoms with Crippen LogP contribution in [0, 0.1) is 0 Å². The zero-order valence-corrected chi connectivity index (χ0v) is 12.5. The van der Waals surface area contributed by atoms with Gasteiger partial charge in [0.2, 0.25) is 0 Å². The molecule has 0 amide bonds. The predicted octanol–water partition coefficient (Wildman–Crippen LogP) is 0.612. The Kier molecular flexibility index (Phi) is 11.0. The first-order valence-electron chi connectivity index (χ1n) is 5.96. The molecule has 0 aromatic carbocycles. The zero-order chi connectivity index (χ0) is 11.0. The van der Waals surface area contributed by atoms with Gasteiger partial charge in [-0.1, -0.05) is 39.2 Å². The highest BCUT2D eigenvalue weighted by Gasteiger charge is 2.18. The molecule has 0 radical (unpaired) electrons. The van der Waals surface area contributed by atoms with Crippen LogP contribution in [-0.4, -0.2) is 31.7 Å². The van der Waals surface area contributed by atoms with Crippen molar-refractivity contribution in [1.29, 1.82) is 0 Å². The number of quaternary nitrogens is 1. The Bertz CT molecular complexity index is 149. The molecule has 0 heterocycles. The quantitative estimate of drug-likeness (QED) is 0.347. The van der Waals surface area contributed by atoms with Crippen LogP contribution in [0.3, 0.4) is 0 Å². The maximum Gasteiger partial charge on any atom is 0.107 e. The van der Waals surface area contributed by atoms with Crippen LogP contribution >= 0.6 is 0 Å². The fourth-order valence-electron chi connectivity index (χ4n) is 1.78. The van der Waals surface area contributed by atoms with Gasteiger partial charge in [0.15, 0.2) is 0 Å². The van der Waals surface area contributed by atoms with Crippen LogP contribution in [0.25, 0.3) is 0 Å². The third-order valence-corrected chi connectivity index (χ3v) is 2.87. The normalized spacial score (nSPS) is 13.1. The summed E-state index contributed by atoms with van der Waals surface area (Å²) in [5.41, 5.74) is 0. The molecule has 1 unspecified atom stereocenters. The lowest BCUT2D eigenvalue weighted by Crippen LogP contribution is -3.00. The number of rotatable bonds is 8. The number of likely N-dealkylation sites (N-methyl/N-ethyl adjacent to an activating group) is 1. The summed E-state index contributed by atoms with van der Waals surface area (Å²) in [5.74, 6) is 0. The Balaban J connectivity index is 0. The van der Waals surface area contributed by atoms with E-state index in [0.717, 1.165) is 4.48 Å². The van der Waals surface area contributed by atoms with Gasteiger partial charge in [0.05, 0.1) is 21.1 Å². The number of hydrogen-bond acceptors (Lipinski definition) is 0. The van der Waals surface area contributed by atoms with Crippen LogP contribution in [0.5, 0.6) is 0 Å². The highest BCUT2D eigenvalue weighted by molar-refractivity contribution is 4.79. The van der Waals surface area contributed by atoms with E-state index in [0.29, 0.717) is 6.04 Å². The van der Waals surface area contributed by atoms with Gasteiger partial charge < -0.3 is 21.5 Å². The molecular weight excluding hydrogens is 250 g/mol. The summed E-state index contributed by atoms with van der Waals surface area (Å²) in [6.07, 6.45) is 10.3. The van der Waals surface area contributed by atoms with E-state index in [-0.39, 0.29) is 17.0 Å². The minimum absolute atomic E-state index is 0. The van der Waals surface area contributed by atoms with E-state index in [4.69, 9.17) is 0 Å². The molecular formula is C13H28BrN. The van der Waals surface area contributed by atoms with Gasteiger partial charge in [-0.25, -0.2) is 0 Å². The molecule has 15 heavy (non-hydrogen) atoms. The monoisotopic (exact) mass is 277 g/mol. The van der Waals surface area contributed by atoms with Crippen LogP contribution in [0.2, 0.25) is 0 Å². The first-order chi connectivity index (χ1) is 6.52. The van der Waals surface area contributed by atoms with E-state index < -0.39 is 0 Å². The van der Waals surface area contributed by atoms with Crippen molar-refractivity contribution in [3.63, 3.8) is 0 Å². The second kappa shape index (κ2) is 9.41. The van der Waals surface area contributed by atoms with Crippen molar-refractivity contribution in [1.82, 2.24) is 0 Å². The molecule has 0 bridgehead atoms. The summed E-state index contributed by atoms with van der Waals surface area (Å²) in [7, 11) is 6.75. The summed E-state index contributed by atoms with van der Waals surface area (Å²) in [6, 6.07) is 0.622. The van der Waals surface area contributed by atoms with Crippen molar-refractivity contribution in [2.24, 2.45) is 0 Å². The van der Waals surface area contributed by atoms with Crippen LogP contribution in [0.15, 0.2) is 12.7 Å². The van der Waals surface area contributed by atoms with Gasteiger partial charge in [0.25, 0.3) is 0 Å². The van der Waals surface area contributed by atoms with Gasteiger partial charge >= 0.3 is 0 Å². The highest BCUT2D eigenvalue weighted by Crippen LogP contribution is 2.14. The Morgan fingerprint density at radius 3 is 2.00 bits per heavy atom. The predicted molar refractivity (Wildman–Crippen MR) is 65.4 cm³/mol. The van der Waals surface area contributed by atoms with Crippen molar-refractivity contribution >= 4 is 0 Å². The maximum atomic E-state index is 3.93. The van der Waals surface area contributed by atoms with Gasteiger partial charge in [-0.05, 0) is 12.5 Å². The van der Waals surface area contributed by atoms with E-state index >= 15 is 0 Å². The fourth-order valence-corrected chi connectivity index (χ4v) is 1.78. The third kappa shape index (κ3) is 9.13. The number of halogens is 1. The van der Waals surface area contributed by atoms with E-state index in [9.17, 15) is 0 Å². The summed E-state index contributed by atoms with van der Waals surface area (Å²) < 4.78 is 1.01. The minimum atomic E-state index is 0. The lowest BCUT2D eigenvalue weighted by atomic mass is 10.0. The van der Waals surface area contributed by atoms with Gasteiger partial charge in [0, 0.05) is 6.42 Å². The fraction of sp³-hybridized carbons (Fsp3) is 0.846. The summed E-state index contributed by atoms with van der Waals surface area (Å²) in [6.45, 7) is 6.19. The molecule has 0 fully saturated rings. The first kappa shape index (κ1) is 17.6. The molecule has 0 rings (SSSR count). The lowest BCUT2D eigenvalue weighted by Gasteiger charge is -2.32. The summed E-state index contributed by atoms with van der Waals surface area (Å²) >= 11 is 0.